The molecule has 1 aromatic carbocycles. The predicted octanol–water partition coefficient (Wildman–Crippen LogP) is 5.07. The van der Waals surface area contributed by atoms with E-state index in [2.05, 4.69) is 16.4 Å². The Kier molecular flexibility index (Phi) is 5.65. The molecule has 1 heterocycles. The second-order valence-electron chi connectivity index (χ2n) is 8.22. The maximum Gasteiger partial charge on any atom is 0.230 e. The molecule has 1 amide bonds. The van der Waals surface area contributed by atoms with Gasteiger partial charge in [0.1, 0.15) is 5.67 Å². The van der Waals surface area contributed by atoms with Gasteiger partial charge in [-0.3, -0.25) is 10.1 Å². The lowest BCUT2D eigenvalue weighted by molar-refractivity contribution is -0.127. The lowest BCUT2D eigenvalue weighted by Gasteiger charge is -2.37. The Morgan fingerprint density at radius 2 is 1.96 bits per heavy atom. The van der Waals surface area contributed by atoms with Crippen LogP contribution in [0.15, 0.2) is 12.1 Å². The Morgan fingerprint density at radius 1 is 1.37 bits per heavy atom. The fraction of sp³-hybridized carbons (Fsp3) is 0.571. The summed E-state index contributed by atoms with van der Waals surface area (Å²) in [7, 11) is 0. The zero-order chi connectivity index (χ0) is 20.6. The summed E-state index contributed by atoms with van der Waals surface area (Å²) >= 11 is 0. The molecule has 1 N–H and O–H groups in total. The number of hydrogen-bond acceptors (Lipinski definition) is 3. The van der Waals surface area contributed by atoms with Gasteiger partial charge in [-0.25, -0.2) is 9.37 Å². The van der Waals surface area contributed by atoms with E-state index in [-0.39, 0.29) is 30.2 Å². The van der Waals surface area contributed by atoms with E-state index in [0.29, 0.717) is 11.5 Å². The molecule has 1 aliphatic rings. The van der Waals surface area contributed by atoms with Gasteiger partial charge >= 0.3 is 0 Å². The maximum atomic E-state index is 13.7. The van der Waals surface area contributed by atoms with E-state index >= 15 is 0 Å². The molecular formula is C21H29FN4O. The SMILES string of the molecule is CC.Cc1cc2nc(NC(=O)C3CC(C)(F)C3)n(C(C)(C)C)c2cc1C#N. The van der Waals surface area contributed by atoms with E-state index in [9.17, 15) is 14.4 Å². The number of halogens is 1. The molecule has 0 spiro atoms. The van der Waals surface area contributed by atoms with Crippen molar-refractivity contribution in [1.29, 1.82) is 5.26 Å². The number of nitriles is 1. The van der Waals surface area contributed by atoms with E-state index in [1.807, 2.05) is 52.2 Å². The molecule has 0 saturated heterocycles. The Morgan fingerprint density at radius 3 is 2.44 bits per heavy atom. The molecule has 0 atom stereocenters. The molecule has 0 unspecified atom stereocenters. The monoisotopic (exact) mass is 372 g/mol. The highest BCUT2D eigenvalue weighted by Crippen LogP contribution is 2.41. The Balaban J connectivity index is 0.00000126. The molecule has 146 valence electrons. The van der Waals surface area contributed by atoms with Crippen molar-refractivity contribution < 1.29 is 9.18 Å². The number of nitrogens with one attached hydrogen (secondary N) is 1. The third-order valence-electron chi connectivity index (χ3n) is 4.74. The minimum absolute atomic E-state index is 0.201. The van der Waals surface area contributed by atoms with Crippen molar-refractivity contribution in [2.45, 2.75) is 72.5 Å². The van der Waals surface area contributed by atoms with E-state index in [4.69, 9.17) is 0 Å². The average molecular weight is 372 g/mol. The van der Waals surface area contributed by atoms with Crippen LogP contribution in [0.1, 0.15) is 65.5 Å². The first kappa shape index (κ1) is 20.9. The summed E-state index contributed by atoms with van der Waals surface area (Å²) in [4.78, 5) is 17.0. The summed E-state index contributed by atoms with van der Waals surface area (Å²) < 4.78 is 15.6. The molecule has 5 nitrogen and oxygen atoms in total. The standard InChI is InChI=1S/C19H23FN4O.C2H6/c1-11-6-14-15(7-12(11)10-21)24(18(2,3)4)17(22-14)23-16(25)13-8-19(5,20)9-13;1-2/h6-7,13H,8-9H2,1-5H3,(H,22,23,25);1-2H3. The molecule has 1 fully saturated rings. The van der Waals surface area contributed by atoms with Crippen molar-refractivity contribution in [1.82, 2.24) is 9.55 Å². The van der Waals surface area contributed by atoms with Gasteiger partial charge in [0, 0.05) is 11.5 Å². The van der Waals surface area contributed by atoms with Crippen LogP contribution in [0.3, 0.4) is 0 Å². The van der Waals surface area contributed by atoms with Gasteiger partial charge in [0.2, 0.25) is 11.9 Å². The van der Waals surface area contributed by atoms with E-state index in [1.54, 1.807) is 6.07 Å². The lowest BCUT2D eigenvalue weighted by Crippen LogP contribution is -2.43. The number of benzene rings is 1. The molecule has 6 heteroatoms. The number of alkyl halides is 1. The fourth-order valence-corrected chi connectivity index (χ4v) is 3.48. The van der Waals surface area contributed by atoms with Crippen molar-refractivity contribution in [3.63, 3.8) is 0 Å². The number of aromatic nitrogens is 2. The molecule has 3 rings (SSSR count). The smallest absolute Gasteiger partial charge is 0.230 e. The van der Waals surface area contributed by atoms with Crippen LogP contribution in [0, 0.1) is 24.2 Å². The van der Waals surface area contributed by atoms with Crippen LogP contribution in [0.25, 0.3) is 11.0 Å². The van der Waals surface area contributed by atoms with E-state index in [1.165, 1.54) is 6.92 Å². The molecule has 0 aliphatic heterocycles. The third-order valence-corrected chi connectivity index (χ3v) is 4.74. The number of imidazole rings is 1. The van der Waals surface area contributed by atoms with Crippen LogP contribution in [-0.2, 0) is 10.3 Å². The van der Waals surface area contributed by atoms with Crippen LogP contribution >= 0.6 is 0 Å². The number of nitrogens with zero attached hydrogens (tertiary/aromatic N) is 3. The number of hydrogen-bond donors (Lipinski definition) is 1. The van der Waals surface area contributed by atoms with Gasteiger partial charge in [0.05, 0.1) is 22.7 Å². The minimum atomic E-state index is -1.25. The third kappa shape index (κ3) is 4.13. The number of anilines is 1. The molecule has 1 aliphatic carbocycles. The van der Waals surface area contributed by atoms with Crippen LogP contribution in [0.5, 0.6) is 0 Å². The van der Waals surface area contributed by atoms with Gasteiger partial charge in [-0.15, -0.1) is 0 Å². The highest BCUT2D eigenvalue weighted by Gasteiger charge is 2.44. The van der Waals surface area contributed by atoms with Crippen molar-refractivity contribution in [3.8, 4) is 6.07 Å². The molecule has 2 aromatic rings. The van der Waals surface area contributed by atoms with Crippen LogP contribution in [-0.4, -0.2) is 21.1 Å². The first-order chi connectivity index (χ1) is 12.5. The highest BCUT2D eigenvalue weighted by atomic mass is 19.1. The van der Waals surface area contributed by atoms with Crippen LogP contribution in [0.4, 0.5) is 10.3 Å². The maximum absolute atomic E-state index is 13.7. The number of rotatable bonds is 2. The molecular weight excluding hydrogens is 343 g/mol. The molecule has 0 radical (unpaired) electrons. The predicted molar refractivity (Wildman–Crippen MR) is 106 cm³/mol. The quantitative estimate of drug-likeness (QED) is 0.799. The molecule has 1 saturated carbocycles. The first-order valence-electron chi connectivity index (χ1n) is 9.45. The zero-order valence-electron chi connectivity index (χ0n) is 17.3. The normalized spacial score (nSPS) is 21.7. The fourth-order valence-electron chi connectivity index (χ4n) is 3.48. The van der Waals surface area contributed by atoms with Crippen molar-refractivity contribution in [2.75, 3.05) is 5.32 Å². The van der Waals surface area contributed by atoms with Gasteiger partial charge in [0.15, 0.2) is 0 Å². The van der Waals surface area contributed by atoms with E-state index in [0.717, 1.165) is 16.6 Å². The minimum Gasteiger partial charge on any atom is -0.305 e. The Bertz CT molecular complexity index is 892. The summed E-state index contributed by atoms with van der Waals surface area (Å²) in [5, 5.41) is 12.2. The highest BCUT2D eigenvalue weighted by molar-refractivity contribution is 5.94. The van der Waals surface area contributed by atoms with Gasteiger partial charge in [-0.2, -0.15) is 5.26 Å². The van der Waals surface area contributed by atoms with Crippen LogP contribution in [0.2, 0.25) is 0 Å². The first-order valence-corrected chi connectivity index (χ1v) is 9.45. The number of fused-ring (bicyclic) bond motifs is 1. The van der Waals surface area contributed by atoms with Crippen molar-refractivity contribution >= 4 is 22.9 Å². The van der Waals surface area contributed by atoms with Gasteiger partial charge in [-0.1, -0.05) is 13.8 Å². The number of carbonyl (C=O) groups is 1. The van der Waals surface area contributed by atoms with Crippen molar-refractivity contribution in [2.24, 2.45) is 5.92 Å². The Labute approximate surface area is 160 Å². The van der Waals surface area contributed by atoms with Gasteiger partial charge in [-0.05, 0) is 65.2 Å². The average Bonchev–Trinajstić information content (AvgIpc) is 2.90. The topological polar surface area (TPSA) is 70.7 Å². The summed E-state index contributed by atoms with van der Waals surface area (Å²) in [6.45, 7) is 13.4. The molecule has 1 aromatic heterocycles. The summed E-state index contributed by atoms with van der Waals surface area (Å²) in [6, 6.07) is 5.85. The number of carbonyl (C=O) groups excluding carboxylic acids is 1. The summed E-state index contributed by atoms with van der Waals surface area (Å²) in [5.41, 5.74) is 1.37. The number of amides is 1. The molecule has 27 heavy (non-hydrogen) atoms. The van der Waals surface area contributed by atoms with Gasteiger partial charge in [0.25, 0.3) is 0 Å². The second kappa shape index (κ2) is 7.30. The summed E-state index contributed by atoms with van der Waals surface area (Å²) in [6.07, 6.45) is 0.485. The lowest BCUT2D eigenvalue weighted by atomic mass is 9.73. The molecule has 0 bridgehead atoms. The van der Waals surface area contributed by atoms with Gasteiger partial charge < -0.3 is 4.57 Å². The second-order valence-corrected chi connectivity index (χ2v) is 8.22. The Hall–Kier alpha value is -2.42. The van der Waals surface area contributed by atoms with Crippen LogP contribution < -0.4 is 5.32 Å². The summed E-state index contributed by atoms with van der Waals surface area (Å²) in [5.74, 6) is -0.0813. The number of aryl methyl sites for hydroxylation is 1. The van der Waals surface area contributed by atoms with E-state index < -0.39 is 5.67 Å². The zero-order valence-corrected chi connectivity index (χ0v) is 17.3. The largest absolute Gasteiger partial charge is 0.305 e. The van der Waals surface area contributed by atoms with Crippen molar-refractivity contribution in [3.05, 3.63) is 23.3 Å².